The third-order valence-electron chi connectivity index (χ3n) is 8.39. The van der Waals surface area contributed by atoms with Crippen molar-refractivity contribution in [2.45, 2.75) is 0 Å². The van der Waals surface area contributed by atoms with Crippen LogP contribution in [0.25, 0.3) is 83.5 Å². The summed E-state index contributed by atoms with van der Waals surface area (Å²) in [5.41, 5.74) is 13.8. The molecule has 0 radical (unpaired) electrons. The van der Waals surface area contributed by atoms with Crippen molar-refractivity contribution in [1.82, 2.24) is 14.5 Å². The van der Waals surface area contributed by atoms with E-state index < -0.39 is 0 Å². The van der Waals surface area contributed by atoms with Gasteiger partial charge in [0.15, 0.2) is 0 Å². The minimum Gasteiger partial charge on any atom is -0.455 e. The number of aromatic nitrogens is 3. The van der Waals surface area contributed by atoms with Crippen LogP contribution >= 0.6 is 0 Å². The molecule has 4 nitrogen and oxygen atoms in total. The van der Waals surface area contributed by atoms with E-state index in [0.717, 1.165) is 83.5 Å². The molecule has 0 amide bonds. The number of nitrogens with zero attached hydrogens (tertiary/aromatic N) is 3. The molecule has 3 heterocycles. The summed E-state index contributed by atoms with van der Waals surface area (Å²) >= 11 is 0. The van der Waals surface area contributed by atoms with Crippen LogP contribution in [0.3, 0.4) is 0 Å². The summed E-state index contributed by atoms with van der Waals surface area (Å²) in [6.45, 7) is 0. The van der Waals surface area contributed by atoms with Crippen LogP contribution in [0.5, 0.6) is 0 Å². The number of para-hydroxylation sites is 3. The van der Waals surface area contributed by atoms with E-state index in [2.05, 4.69) is 125 Å². The van der Waals surface area contributed by atoms with E-state index in [1.807, 2.05) is 18.3 Å². The summed E-state index contributed by atoms with van der Waals surface area (Å²) in [5.74, 6) is 0. The van der Waals surface area contributed by atoms with Crippen LogP contribution in [-0.4, -0.2) is 14.5 Å². The van der Waals surface area contributed by atoms with Crippen LogP contribution in [-0.2, 0) is 0 Å². The Kier molecular flexibility index (Phi) is 4.87. The van der Waals surface area contributed by atoms with E-state index in [9.17, 15) is 0 Å². The second-order valence-electron chi connectivity index (χ2n) is 10.7. The summed E-state index contributed by atoms with van der Waals surface area (Å²) in [7, 11) is 0. The van der Waals surface area contributed by atoms with Crippen molar-refractivity contribution in [3.8, 4) is 61.6 Å². The van der Waals surface area contributed by atoms with Gasteiger partial charge in [-0.25, -0.2) is 9.97 Å². The van der Waals surface area contributed by atoms with Gasteiger partial charge in [0.2, 0.25) is 0 Å². The standard InChI is InChI=1S/C38H23N3O/c1-2-9-25(10-3-1)41-20-19-31-34-22-39-23-40-36(34)29-13-5-4-11-27(29)33-21-24(17-18-30(33)37(31)41)26-14-8-15-32-28-12-6-7-16-35(28)42-38(26)32/h1-23H. The first kappa shape index (κ1) is 23.0. The van der Waals surface area contributed by atoms with Gasteiger partial charge in [-0.1, -0.05) is 91.0 Å². The molecule has 0 bridgehead atoms. The minimum atomic E-state index is 0.901. The summed E-state index contributed by atoms with van der Waals surface area (Å²) in [6.07, 6.45) is 5.74. The van der Waals surface area contributed by atoms with Crippen LogP contribution < -0.4 is 0 Å². The van der Waals surface area contributed by atoms with E-state index >= 15 is 0 Å². The lowest BCUT2D eigenvalue weighted by Gasteiger charge is -2.22. The van der Waals surface area contributed by atoms with E-state index in [1.165, 1.54) is 0 Å². The van der Waals surface area contributed by atoms with Crippen LogP contribution in [0, 0.1) is 0 Å². The number of fused-ring (bicyclic) bond motifs is 11. The fourth-order valence-corrected chi connectivity index (χ4v) is 6.51. The zero-order chi connectivity index (χ0) is 27.6. The van der Waals surface area contributed by atoms with Crippen LogP contribution in [0.2, 0.25) is 0 Å². The Morgan fingerprint density at radius 1 is 0.548 bits per heavy atom. The summed E-state index contributed by atoms with van der Waals surface area (Å²) in [6, 6.07) is 42.7. The highest BCUT2D eigenvalue weighted by molar-refractivity contribution is 6.10. The molecule has 0 unspecified atom stereocenters. The molecule has 0 spiro atoms. The molecular formula is C38H23N3O. The zero-order valence-electron chi connectivity index (χ0n) is 22.5. The highest BCUT2D eigenvalue weighted by atomic mass is 16.3. The Bertz CT molecular complexity index is 2310. The molecule has 4 heteroatoms. The topological polar surface area (TPSA) is 43.9 Å². The molecular weight excluding hydrogens is 514 g/mol. The average molecular weight is 538 g/mol. The van der Waals surface area contributed by atoms with Crippen molar-refractivity contribution in [2.75, 3.05) is 0 Å². The van der Waals surface area contributed by atoms with E-state index in [1.54, 1.807) is 6.33 Å². The van der Waals surface area contributed by atoms with Gasteiger partial charge < -0.3 is 8.98 Å². The Hall–Kier alpha value is -5.74. The molecule has 8 aromatic rings. The third kappa shape index (κ3) is 3.29. The highest BCUT2D eigenvalue weighted by Crippen LogP contribution is 2.49. The first-order chi connectivity index (χ1) is 20.8. The fraction of sp³-hybridized carbons (Fsp3) is 0. The first-order valence-corrected chi connectivity index (χ1v) is 14.1. The molecule has 5 aromatic carbocycles. The molecule has 9 rings (SSSR count). The summed E-state index contributed by atoms with van der Waals surface area (Å²) in [4.78, 5) is 9.28. The first-order valence-electron chi connectivity index (χ1n) is 14.1. The lowest BCUT2D eigenvalue weighted by atomic mass is 9.84. The maximum atomic E-state index is 6.44. The van der Waals surface area contributed by atoms with Gasteiger partial charge in [0.1, 0.15) is 17.5 Å². The maximum absolute atomic E-state index is 6.44. The molecule has 3 aromatic heterocycles. The van der Waals surface area contributed by atoms with Gasteiger partial charge in [-0.15, -0.1) is 0 Å². The van der Waals surface area contributed by atoms with E-state index in [0.29, 0.717) is 0 Å². The lowest BCUT2D eigenvalue weighted by molar-refractivity contribution is 0.670. The number of rotatable bonds is 2. The van der Waals surface area contributed by atoms with Gasteiger partial charge in [0, 0.05) is 56.7 Å². The highest BCUT2D eigenvalue weighted by Gasteiger charge is 2.26. The van der Waals surface area contributed by atoms with E-state index in [4.69, 9.17) is 9.40 Å². The van der Waals surface area contributed by atoms with Gasteiger partial charge in [-0.05, 0) is 47.0 Å². The monoisotopic (exact) mass is 537 g/mol. The summed E-state index contributed by atoms with van der Waals surface area (Å²) in [5, 5.41) is 2.26. The van der Waals surface area contributed by atoms with Gasteiger partial charge in [0.25, 0.3) is 0 Å². The molecule has 0 atom stereocenters. The SMILES string of the molecule is c1ccc(-n2ccc3c2-c2ccc(-c4cccc5c4oc4ccccc45)cc2-c2ccccc2-c2ncncc2-3)cc1. The predicted octanol–water partition coefficient (Wildman–Crippen LogP) is 9.82. The third-order valence-corrected chi connectivity index (χ3v) is 8.39. The Morgan fingerprint density at radius 2 is 1.33 bits per heavy atom. The Balaban J connectivity index is 1.37. The number of furan rings is 1. The van der Waals surface area contributed by atoms with Crippen molar-refractivity contribution >= 4 is 21.9 Å². The second-order valence-corrected chi connectivity index (χ2v) is 10.7. The van der Waals surface area contributed by atoms with Crippen molar-refractivity contribution < 1.29 is 4.42 Å². The Morgan fingerprint density at radius 3 is 2.26 bits per heavy atom. The number of benzene rings is 5. The predicted molar refractivity (Wildman–Crippen MR) is 169 cm³/mol. The van der Waals surface area contributed by atoms with Crippen LogP contribution in [0.1, 0.15) is 0 Å². The van der Waals surface area contributed by atoms with Gasteiger partial charge in [-0.2, -0.15) is 0 Å². The summed E-state index contributed by atoms with van der Waals surface area (Å²) < 4.78 is 8.72. The largest absolute Gasteiger partial charge is 0.455 e. The molecule has 0 saturated heterocycles. The molecule has 0 fully saturated rings. The van der Waals surface area contributed by atoms with Crippen molar-refractivity contribution in [3.05, 3.63) is 140 Å². The number of hydrogen-bond donors (Lipinski definition) is 0. The maximum Gasteiger partial charge on any atom is 0.143 e. The van der Waals surface area contributed by atoms with E-state index in [-0.39, 0.29) is 0 Å². The van der Waals surface area contributed by atoms with Crippen LogP contribution in [0.4, 0.5) is 0 Å². The molecule has 42 heavy (non-hydrogen) atoms. The van der Waals surface area contributed by atoms with Crippen molar-refractivity contribution in [1.29, 1.82) is 0 Å². The van der Waals surface area contributed by atoms with Gasteiger partial charge in [-0.3, -0.25) is 0 Å². The molecule has 196 valence electrons. The molecule has 0 saturated carbocycles. The Labute approximate surface area is 242 Å². The van der Waals surface area contributed by atoms with Crippen LogP contribution in [0.15, 0.2) is 144 Å². The average Bonchev–Trinajstić information content (AvgIpc) is 3.66. The number of hydrogen-bond acceptors (Lipinski definition) is 3. The van der Waals surface area contributed by atoms with Gasteiger partial charge >= 0.3 is 0 Å². The molecule has 1 aliphatic rings. The minimum absolute atomic E-state index is 0.901. The fourth-order valence-electron chi connectivity index (χ4n) is 6.51. The molecule has 1 aliphatic carbocycles. The second kappa shape index (κ2) is 8.88. The smallest absolute Gasteiger partial charge is 0.143 e. The normalized spacial score (nSPS) is 11.8. The van der Waals surface area contributed by atoms with Gasteiger partial charge in [0.05, 0.1) is 11.4 Å². The molecule has 0 N–H and O–H groups in total. The van der Waals surface area contributed by atoms with Crippen molar-refractivity contribution in [3.63, 3.8) is 0 Å². The molecule has 0 aliphatic heterocycles. The van der Waals surface area contributed by atoms with Crippen molar-refractivity contribution in [2.24, 2.45) is 0 Å². The quantitative estimate of drug-likeness (QED) is 0.220. The zero-order valence-corrected chi connectivity index (χ0v) is 22.5. The lowest BCUT2D eigenvalue weighted by Crippen LogP contribution is -2.02.